The van der Waals surface area contributed by atoms with E-state index >= 15 is 0 Å². The molecule has 1 aromatic carbocycles. The zero-order chi connectivity index (χ0) is 43.9. The number of anilines is 1. The first kappa shape index (κ1) is 49.4. The van der Waals surface area contributed by atoms with Crippen LogP contribution in [-0.4, -0.2) is 139 Å². The first-order valence-corrected chi connectivity index (χ1v) is 17.9. The first-order valence-electron chi connectivity index (χ1n) is 17.3. The summed E-state index contributed by atoms with van der Waals surface area (Å²) in [5, 5.41) is 70.5. The van der Waals surface area contributed by atoms with E-state index in [2.05, 4.69) is 39.2 Å². The van der Waals surface area contributed by atoms with Crippen molar-refractivity contribution in [2.45, 2.75) is 88.0 Å². The number of carbonyl (C=O) groups excluding carboxylic acids is 5. The number of aliphatic carboxylic acids is 6. The molecule has 5 atom stereocenters. The Morgan fingerprint density at radius 1 is 0.534 bits per heavy atom. The fourth-order valence-electron chi connectivity index (χ4n) is 4.78. The molecule has 0 bridgehead atoms. The minimum absolute atomic E-state index is 0.0791. The van der Waals surface area contributed by atoms with E-state index < -0.39 is 128 Å². The van der Waals surface area contributed by atoms with Crippen molar-refractivity contribution in [2.24, 2.45) is 0 Å². The maximum atomic E-state index is 13.0. The van der Waals surface area contributed by atoms with Gasteiger partial charge in [-0.2, -0.15) is 12.6 Å². The van der Waals surface area contributed by atoms with Gasteiger partial charge in [0.05, 0.1) is 12.8 Å². The minimum Gasteiger partial charge on any atom is -0.481 e. The average Bonchev–Trinajstić information content (AvgIpc) is 3.12. The topological polar surface area (TPSA) is 393 Å². The number of thiol groups is 1. The normalized spacial score (nSPS) is 13.1. The zero-order valence-electron chi connectivity index (χ0n) is 30.6. The van der Waals surface area contributed by atoms with Gasteiger partial charge < -0.3 is 67.9 Å². The van der Waals surface area contributed by atoms with Crippen molar-refractivity contribution in [3.05, 3.63) is 29.8 Å². The molecule has 0 unspecified atom stereocenters. The molecule has 0 radical (unpaired) electrons. The van der Waals surface area contributed by atoms with Crippen LogP contribution in [0.2, 0.25) is 0 Å². The van der Waals surface area contributed by atoms with E-state index in [0.29, 0.717) is 5.56 Å². The van der Waals surface area contributed by atoms with Crippen LogP contribution in [0.4, 0.5) is 15.3 Å². The fourth-order valence-corrected chi connectivity index (χ4v) is 5.03. The molecular weight excluding hydrogens is 798 g/mol. The molecule has 320 valence electrons. The van der Waals surface area contributed by atoms with E-state index in [0.717, 1.165) is 0 Å². The number of carboxylic acids is 6. The van der Waals surface area contributed by atoms with Crippen molar-refractivity contribution in [3.8, 4) is 0 Å². The van der Waals surface area contributed by atoms with Crippen molar-refractivity contribution in [2.75, 3.05) is 17.6 Å². The van der Waals surface area contributed by atoms with Crippen LogP contribution in [0.25, 0.3) is 0 Å². The summed E-state index contributed by atoms with van der Waals surface area (Å²) in [7, 11) is 0. The molecule has 1 rings (SSSR count). The molecule has 0 heterocycles. The lowest BCUT2D eigenvalue weighted by atomic mass is 10.1. The Labute approximate surface area is 334 Å². The maximum Gasteiger partial charge on any atom is 0.327 e. The van der Waals surface area contributed by atoms with Gasteiger partial charge in [0.15, 0.2) is 0 Å². The number of nitrogens with one attached hydrogen (secondary N) is 7. The van der Waals surface area contributed by atoms with Crippen LogP contribution in [0.1, 0.15) is 56.9 Å². The second-order valence-corrected chi connectivity index (χ2v) is 12.7. The number of carbonyl (C=O) groups is 11. The average molecular weight is 844 g/mol. The Morgan fingerprint density at radius 3 is 1.53 bits per heavy atom. The number of amides is 7. The molecule has 0 aliphatic heterocycles. The van der Waals surface area contributed by atoms with Gasteiger partial charge in [-0.25, -0.2) is 24.0 Å². The molecule has 0 saturated carbocycles. The standard InChI is InChI=1S/C33H45N7O17S/c41-23(36-18(8-10-24(42)43)27(48)37-21(14-26(46)47)28(49)38-22(15-58)31(54)55)13-16-4-6-17(7-5-16)35-32(56)34-12-2-1-3-19(29(50)51)39-33(57)40-20(30(52)53)9-11-25(44)45/h4-7,18-22,58H,1-3,8-15H2,(H,36,41)(H,37,48)(H,38,49)(H,42,43)(H,44,45)(H,46,47)(H,50,51)(H,52,53)(H,54,55)(H2,34,35,56)(H2,39,40,57)/t18-,19-,20-,21-,22-/m0/s1. The van der Waals surface area contributed by atoms with Crippen molar-refractivity contribution in [3.63, 3.8) is 0 Å². The number of unbranched alkanes of at least 4 members (excludes halogenated alkanes) is 1. The van der Waals surface area contributed by atoms with E-state index in [1.807, 2.05) is 10.6 Å². The highest BCUT2D eigenvalue weighted by atomic mass is 32.1. The molecule has 0 saturated heterocycles. The summed E-state index contributed by atoms with van der Waals surface area (Å²) in [4.78, 5) is 130. The zero-order valence-corrected chi connectivity index (χ0v) is 31.5. The van der Waals surface area contributed by atoms with E-state index in [1.165, 1.54) is 24.3 Å². The predicted molar refractivity (Wildman–Crippen MR) is 199 cm³/mol. The van der Waals surface area contributed by atoms with E-state index in [-0.39, 0.29) is 43.7 Å². The van der Waals surface area contributed by atoms with E-state index in [9.17, 15) is 63.0 Å². The Balaban J connectivity index is 2.70. The van der Waals surface area contributed by atoms with Gasteiger partial charge in [-0.1, -0.05) is 12.1 Å². The van der Waals surface area contributed by atoms with Crippen molar-refractivity contribution in [1.82, 2.24) is 31.9 Å². The monoisotopic (exact) mass is 843 g/mol. The molecule has 25 heteroatoms. The molecule has 0 aromatic heterocycles. The third kappa shape index (κ3) is 20.3. The summed E-state index contributed by atoms with van der Waals surface area (Å²) in [5.41, 5.74) is 0.666. The van der Waals surface area contributed by atoms with Gasteiger partial charge >= 0.3 is 47.9 Å². The van der Waals surface area contributed by atoms with Crippen molar-refractivity contribution < 1.29 is 83.4 Å². The van der Waals surface area contributed by atoms with Gasteiger partial charge in [-0.3, -0.25) is 28.8 Å². The summed E-state index contributed by atoms with van der Waals surface area (Å²) in [5.74, 6) is -11.9. The van der Waals surface area contributed by atoms with Gasteiger partial charge in [-0.15, -0.1) is 0 Å². The number of hydrogen-bond acceptors (Lipinski definition) is 12. The third-order valence-electron chi connectivity index (χ3n) is 7.74. The number of urea groups is 2. The molecule has 0 spiro atoms. The van der Waals surface area contributed by atoms with E-state index in [1.54, 1.807) is 0 Å². The summed E-state index contributed by atoms with van der Waals surface area (Å²) in [6, 6.07) is -3.81. The van der Waals surface area contributed by atoms with Crippen LogP contribution < -0.4 is 37.2 Å². The second kappa shape index (κ2) is 25.5. The lowest BCUT2D eigenvalue weighted by Crippen LogP contribution is -2.56. The molecule has 0 aliphatic carbocycles. The lowest BCUT2D eigenvalue weighted by molar-refractivity contribution is -0.143. The molecule has 0 fully saturated rings. The number of benzene rings is 1. The molecule has 0 aliphatic rings. The predicted octanol–water partition coefficient (Wildman–Crippen LogP) is -1.60. The smallest absolute Gasteiger partial charge is 0.327 e. The first-order chi connectivity index (χ1) is 27.2. The van der Waals surface area contributed by atoms with Crippen LogP contribution in [0, 0.1) is 0 Å². The van der Waals surface area contributed by atoms with Crippen LogP contribution in [0.15, 0.2) is 24.3 Å². The molecule has 7 amide bonds. The van der Waals surface area contributed by atoms with Gasteiger partial charge in [0, 0.05) is 30.8 Å². The molecule has 1 aromatic rings. The number of rotatable bonds is 27. The van der Waals surface area contributed by atoms with Gasteiger partial charge in [0.2, 0.25) is 17.7 Å². The quantitative estimate of drug-likeness (QED) is 0.0350. The lowest BCUT2D eigenvalue weighted by Gasteiger charge is -2.23. The van der Waals surface area contributed by atoms with Gasteiger partial charge in [0.1, 0.15) is 30.2 Å². The summed E-state index contributed by atoms with van der Waals surface area (Å²) in [6.07, 6.45) is -2.96. The second-order valence-electron chi connectivity index (χ2n) is 12.4. The Hall–Kier alpha value is -6.66. The largest absolute Gasteiger partial charge is 0.481 e. The Bertz CT molecular complexity index is 1680. The van der Waals surface area contributed by atoms with Gasteiger partial charge in [0.25, 0.3) is 0 Å². The van der Waals surface area contributed by atoms with Crippen molar-refractivity contribution in [1.29, 1.82) is 0 Å². The van der Waals surface area contributed by atoms with Crippen LogP contribution in [0.3, 0.4) is 0 Å². The number of carboxylic acid groups (broad SMARTS) is 6. The number of hydrogen-bond donors (Lipinski definition) is 14. The third-order valence-corrected chi connectivity index (χ3v) is 8.11. The van der Waals surface area contributed by atoms with Crippen LogP contribution >= 0.6 is 12.6 Å². The SMILES string of the molecule is O=C(O)CC[C@H](NC(=O)N[C@@H](CCCCNC(=O)Nc1ccc(CC(=O)N[C@@H](CCC(=O)O)C(=O)N[C@@H](CC(=O)O)C(=O)N[C@@H](CS)C(=O)O)cc1)C(=O)O)C(=O)O. The van der Waals surface area contributed by atoms with Gasteiger partial charge in [-0.05, 0) is 49.8 Å². The highest BCUT2D eigenvalue weighted by Crippen LogP contribution is 2.11. The summed E-state index contributed by atoms with van der Waals surface area (Å²) >= 11 is 3.80. The summed E-state index contributed by atoms with van der Waals surface area (Å²) < 4.78 is 0. The van der Waals surface area contributed by atoms with Crippen LogP contribution in [0.5, 0.6) is 0 Å². The van der Waals surface area contributed by atoms with Crippen molar-refractivity contribution >= 4 is 83.9 Å². The highest BCUT2D eigenvalue weighted by Gasteiger charge is 2.31. The molecule has 13 N–H and O–H groups in total. The Kier molecular flexibility index (Phi) is 21.7. The summed E-state index contributed by atoms with van der Waals surface area (Å²) in [6.45, 7) is 0.0791. The molecular formula is C33H45N7O17S. The minimum atomic E-state index is -1.79. The van der Waals surface area contributed by atoms with Crippen LogP contribution in [-0.2, 0) is 49.6 Å². The Morgan fingerprint density at radius 2 is 1.03 bits per heavy atom. The fraction of sp³-hybridized carbons (Fsp3) is 0.485. The van der Waals surface area contributed by atoms with E-state index in [4.69, 9.17) is 20.4 Å². The maximum absolute atomic E-state index is 13.0. The molecule has 58 heavy (non-hydrogen) atoms. The molecule has 24 nitrogen and oxygen atoms in total. The highest BCUT2D eigenvalue weighted by molar-refractivity contribution is 7.80.